The fourth-order valence-corrected chi connectivity index (χ4v) is 3.41. The minimum Gasteiger partial charge on any atom is -0.389 e. The second-order valence-corrected chi connectivity index (χ2v) is 6.99. The highest BCUT2D eigenvalue weighted by Crippen LogP contribution is 2.31. The van der Waals surface area contributed by atoms with Gasteiger partial charge in [0.15, 0.2) is 0 Å². The summed E-state index contributed by atoms with van der Waals surface area (Å²) in [7, 11) is 0. The maximum atomic E-state index is 10.9. The third kappa shape index (κ3) is 3.26. The first-order valence-corrected chi connectivity index (χ1v) is 8.34. The van der Waals surface area contributed by atoms with Crippen LogP contribution in [0.5, 0.6) is 0 Å². The third-order valence-corrected chi connectivity index (χ3v) is 5.44. The number of aliphatic hydroxyl groups is 1. The lowest BCUT2D eigenvalue weighted by molar-refractivity contribution is -0.0285. The summed E-state index contributed by atoms with van der Waals surface area (Å²) in [5.74, 6) is 0. The summed E-state index contributed by atoms with van der Waals surface area (Å²) in [4.78, 5) is 2.44. The second kappa shape index (κ2) is 6.16. The average Bonchev–Trinajstić information content (AvgIpc) is 2.66. The minimum absolute atomic E-state index is 0.565. The van der Waals surface area contributed by atoms with Crippen molar-refractivity contribution in [2.45, 2.75) is 65.1 Å². The zero-order chi connectivity index (χ0) is 14.9. The predicted molar refractivity (Wildman–Crippen MR) is 84.9 cm³/mol. The van der Waals surface area contributed by atoms with Crippen molar-refractivity contribution in [1.29, 1.82) is 0 Å². The fourth-order valence-electron chi connectivity index (χ4n) is 2.98. The van der Waals surface area contributed by atoms with Gasteiger partial charge in [0.05, 0.1) is 21.5 Å². The molecule has 0 aromatic carbocycles. The molecule has 0 bridgehead atoms. The van der Waals surface area contributed by atoms with Crippen LogP contribution in [0.3, 0.4) is 0 Å². The molecular formula is C15H26BrN3O. The summed E-state index contributed by atoms with van der Waals surface area (Å²) in [6, 6.07) is 0.565. The van der Waals surface area contributed by atoms with E-state index in [1.165, 1.54) is 0 Å². The van der Waals surface area contributed by atoms with Crippen molar-refractivity contribution >= 4 is 15.9 Å². The molecule has 1 aromatic heterocycles. The van der Waals surface area contributed by atoms with E-state index in [0.29, 0.717) is 12.5 Å². The predicted octanol–water partition coefficient (Wildman–Crippen LogP) is 2.75. The maximum Gasteiger partial charge on any atom is 0.0738 e. The molecule has 0 saturated carbocycles. The number of hydrogen-bond acceptors (Lipinski definition) is 3. The van der Waals surface area contributed by atoms with Gasteiger partial charge < -0.3 is 10.0 Å². The highest BCUT2D eigenvalue weighted by Gasteiger charge is 2.35. The highest BCUT2D eigenvalue weighted by molar-refractivity contribution is 9.10. The summed E-state index contributed by atoms with van der Waals surface area (Å²) in [5, 5.41) is 15.4. The summed E-state index contributed by atoms with van der Waals surface area (Å²) >= 11 is 3.62. The van der Waals surface area contributed by atoms with E-state index in [-0.39, 0.29) is 0 Å². The molecule has 1 saturated heterocycles. The summed E-state index contributed by atoms with van der Waals surface area (Å²) in [5.41, 5.74) is 1.54. The number of piperidine rings is 1. The molecular weight excluding hydrogens is 318 g/mol. The molecule has 1 fully saturated rings. The maximum absolute atomic E-state index is 10.9. The summed E-state index contributed by atoms with van der Waals surface area (Å²) in [6.07, 6.45) is 2.37. The van der Waals surface area contributed by atoms with Crippen LogP contribution in [0.4, 0.5) is 0 Å². The van der Waals surface area contributed by atoms with Crippen molar-refractivity contribution in [3.8, 4) is 0 Å². The standard InChI is InChI=1S/C15H26BrN3O/c1-5-19-13(14(16)12(4)17-19)10-15(20)6-8-18(9-7-15)11(2)3/h11,20H,5-10H2,1-4H3. The van der Waals surface area contributed by atoms with Crippen LogP contribution >= 0.6 is 15.9 Å². The Hall–Kier alpha value is -0.390. The van der Waals surface area contributed by atoms with E-state index in [1.54, 1.807) is 0 Å². The number of halogens is 1. The van der Waals surface area contributed by atoms with E-state index in [9.17, 15) is 5.11 Å². The SMILES string of the molecule is CCn1nc(C)c(Br)c1CC1(O)CCN(C(C)C)CC1. The second-order valence-electron chi connectivity index (χ2n) is 6.19. The van der Waals surface area contributed by atoms with Crippen LogP contribution < -0.4 is 0 Å². The fraction of sp³-hybridized carbons (Fsp3) is 0.800. The molecule has 5 heteroatoms. The van der Waals surface area contributed by atoms with Crippen molar-refractivity contribution in [2.75, 3.05) is 13.1 Å². The molecule has 0 radical (unpaired) electrons. The van der Waals surface area contributed by atoms with Crippen LogP contribution in [-0.2, 0) is 13.0 Å². The van der Waals surface area contributed by atoms with Gasteiger partial charge in [-0.15, -0.1) is 0 Å². The molecule has 1 aliphatic heterocycles. The van der Waals surface area contributed by atoms with Crippen molar-refractivity contribution in [1.82, 2.24) is 14.7 Å². The van der Waals surface area contributed by atoms with Gasteiger partial charge >= 0.3 is 0 Å². The number of hydrogen-bond donors (Lipinski definition) is 1. The molecule has 114 valence electrons. The normalized spacial score (nSPS) is 19.8. The van der Waals surface area contributed by atoms with Crippen molar-refractivity contribution in [3.05, 3.63) is 15.9 Å². The molecule has 0 atom stereocenters. The van der Waals surface area contributed by atoms with Crippen LogP contribution in [-0.4, -0.2) is 44.5 Å². The van der Waals surface area contributed by atoms with E-state index >= 15 is 0 Å². The van der Waals surface area contributed by atoms with Gasteiger partial charge in [0, 0.05) is 32.1 Å². The molecule has 2 heterocycles. The molecule has 1 N–H and O–H groups in total. The Labute approximate surface area is 130 Å². The van der Waals surface area contributed by atoms with Crippen LogP contribution in [0.25, 0.3) is 0 Å². The largest absolute Gasteiger partial charge is 0.389 e. The summed E-state index contributed by atoms with van der Waals surface area (Å²) in [6.45, 7) is 11.3. The van der Waals surface area contributed by atoms with E-state index in [4.69, 9.17) is 0 Å². The zero-order valence-corrected chi connectivity index (χ0v) is 14.6. The molecule has 0 aliphatic carbocycles. The van der Waals surface area contributed by atoms with Gasteiger partial charge in [0.25, 0.3) is 0 Å². The smallest absolute Gasteiger partial charge is 0.0738 e. The Morgan fingerprint density at radius 1 is 1.35 bits per heavy atom. The number of aromatic nitrogens is 2. The highest BCUT2D eigenvalue weighted by atomic mass is 79.9. The van der Waals surface area contributed by atoms with Gasteiger partial charge in [0.1, 0.15) is 0 Å². The van der Waals surface area contributed by atoms with Gasteiger partial charge in [-0.05, 0) is 56.5 Å². The third-order valence-electron chi connectivity index (χ3n) is 4.41. The van der Waals surface area contributed by atoms with E-state index in [2.05, 4.69) is 46.7 Å². The molecule has 0 unspecified atom stereocenters. The Morgan fingerprint density at radius 2 is 1.95 bits per heavy atom. The molecule has 0 amide bonds. The van der Waals surface area contributed by atoms with E-state index < -0.39 is 5.60 Å². The van der Waals surface area contributed by atoms with Crippen LogP contribution in [0.1, 0.15) is 45.0 Å². The molecule has 1 aliphatic rings. The molecule has 2 rings (SSSR count). The summed E-state index contributed by atoms with van der Waals surface area (Å²) < 4.78 is 3.06. The number of aryl methyl sites for hydroxylation is 2. The molecule has 4 nitrogen and oxygen atoms in total. The Morgan fingerprint density at radius 3 is 2.45 bits per heavy atom. The van der Waals surface area contributed by atoms with Gasteiger partial charge in [-0.3, -0.25) is 4.68 Å². The zero-order valence-electron chi connectivity index (χ0n) is 13.0. The van der Waals surface area contributed by atoms with Crippen molar-refractivity contribution in [2.24, 2.45) is 0 Å². The quantitative estimate of drug-likeness (QED) is 0.913. The monoisotopic (exact) mass is 343 g/mol. The van der Waals surface area contributed by atoms with Crippen molar-refractivity contribution < 1.29 is 5.11 Å². The van der Waals surface area contributed by atoms with Crippen LogP contribution in [0.15, 0.2) is 4.47 Å². The lowest BCUT2D eigenvalue weighted by Gasteiger charge is -2.40. The van der Waals surface area contributed by atoms with Gasteiger partial charge in [0.2, 0.25) is 0 Å². The van der Waals surface area contributed by atoms with Gasteiger partial charge in [-0.2, -0.15) is 5.10 Å². The number of rotatable bonds is 4. The van der Waals surface area contributed by atoms with E-state index in [1.807, 2.05) is 11.6 Å². The minimum atomic E-state index is -0.590. The van der Waals surface area contributed by atoms with Gasteiger partial charge in [-0.1, -0.05) is 0 Å². The topological polar surface area (TPSA) is 41.3 Å². The first kappa shape index (κ1) is 16.0. The molecule has 1 aromatic rings. The Kier molecular flexibility index (Phi) is 4.92. The average molecular weight is 344 g/mol. The Balaban J connectivity index is 2.10. The number of likely N-dealkylation sites (tertiary alicyclic amines) is 1. The number of nitrogens with zero attached hydrogens (tertiary/aromatic N) is 3. The first-order chi connectivity index (χ1) is 9.36. The molecule has 20 heavy (non-hydrogen) atoms. The molecule has 0 spiro atoms. The van der Waals surface area contributed by atoms with Crippen molar-refractivity contribution in [3.63, 3.8) is 0 Å². The van der Waals surface area contributed by atoms with Crippen LogP contribution in [0, 0.1) is 6.92 Å². The van der Waals surface area contributed by atoms with Gasteiger partial charge in [-0.25, -0.2) is 0 Å². The first-order valence-electron chi connectivity index (χ1n) is 7.54. The lowest BCUT2D eigenvalue weighted by Crippen LogP contribution is -2.48. The van der Waals surface area contributed by atoms with E-state index in [0.717, 1.165) is 48.3 Å². The van der Waals surface area contributed by atoms with Crippen LogP contribution in [0.2, 0.25) is 0 Å². The Bertz CT molecular complexity index is 462. The lowest BCUT2D eigenvalue weighted by atomic mass is 9.86.